The largest absolute Gasteiger partial charge is 0.497 e. The average molecular weight is 543 g/mol. The lowest BCUT2D eigenvalue weighted by Crippen LogP contribution is -2.41. The molecule has 37 heavy (non-hydrogen) atoms. The van der Waals surface area contributed by atoms with Gasteiger partial charge in [-0.1, -0.05) is 29.1 Å². The van der Waals surface area contributed by atoms with E-state index in [-0.39, 0.29) is 49.2 Å². The standard InChI is InChI=1S/C23H25F3N4O6S/c1-4-35-21(32)20-18(30(28-27-20)12-15-5-7-17(34-3)8-6-15)11-16-13-29(36-22(33)23(24,25)26)10-9-19(16)37-14(2)31/h5-8,11,19H,4,9-10,12-13H2,1-3H3/b16-11+. The summed E-state index contributed by atoms with van der Waals surface area (Å²) in [4.78, 5) is 40.3. The van der Waals surface area contributed by atoms with Gasteiger partial charge in [0.15, 0.2) is 10.8 Å². The summed E-state index contributed by atoms with van der Waals surface area (Å²) in [5, 5.41) is 8.28. The Balaban J connectivity index is 1.99. The van der Waals surface area contributed by atoms with Crippen LogP contribution in [0, 0.1) is 0 Å². The molecule has 200 valence electrons. The molecule has 1 aromatic carbocycles. The van der Waals surface area contributed by atoms with Crippen LogP contribution in [-0.4, -0.2) is 75.3 Å². The summed E-state index contributed by atoms with van der Waals surface area (Å²) in [5.41, 5.74) is 1.39. The molecule has 0 radical (unpaired) electrons. The summed E-state index contributed by atoms with van der Waals surface area (Å²) in [5.74, 6) is -2.43. The second-order valence-electron chi connectivity index (χ2n) is 7.90. The minimum absolute atomic E-state index is 0.0157. The molecule has 14 heteroatoms. The van der Waals surface area contributed by atoms with Crippen molar-refractivity contribution in [2.45, 2.75) is 38.2 Å². The highest BCUT2D eigenvalue weighted by Crippen LogP contribution is 2.31. The fourth-order valence-electron chi connectivity index (χ4n) is 3.56. The minimum atomic E-state index is -5.16. The lowest BCUT2D eigenvalue weighted by atomic mass is 10.0. The van der Waals surface area contributed by atoms with Gasteiger partial charge in [-0.2, -0.15) is 13.2 Å². The molecule has 0 spiro atoms. The fraction of sp³-hybridized carbons (Fsp3) is 0.435. The van der Waals surface area contributed by atoms with Crippen LogP contribution in [0.4, 0.5) is 13.2 Å². The summed E-state index contributed by atoms with van der Waals surface area (Å²) >= 11 is 0.994. The Morgan fingerprint density at radius 3 is 2.51 bits per heavy atom. The molecule has 0 saturated carbocycles. The van der Waals surface area contributed by atoms with Crippen LogP contribution in [-0.2, 0) is 25.7 Å². The number of alkyl halides is 3. The van der Waals surface area contributed by atoms with Gasteiger partial charge in [0.25, 0.3) is 0 Å². The van der Waals surface area contributed by atoms with E-state index in [1.54, 1.807) is 31.2 Å². The van der Waals surface area contributed by atoms with Gasteiger partial charge in [0.05, 0.1) is 32.5 Å². The Morgan fingerprint density at radius 1 is 1.22 bits per heavy atom. The molecule has 10 nitrogen and oxygen atoms in total. The van der Waals surface area contributed by atoms with E-state index in [0.717, 1.165) is 22.4 Å². The van der Waals surface area contributed by atoms with Crippen molar-refractivity contribution in [3.8, 4) is 5.75 Å². The first-order valence-electron chi connectivity index (χ1n) is 11.2. The van der Waals surface area contributed by atoms with Crippen LogP contribution in [0.3, 0.4) is 0 Å². The summed E-state index contributed by atoms with van der Waals surface area (Å²) in [6.45, 7) is 3.06. The van der Waals surface area contributed by atoms with Gasteiger partial charge in [0.1, 0.15) is 5.75 Å². The number of nitrogens with zero attached hydrogens (tertiary/aromatic N) is 4. The van der Waals surface area contributed by atoms with E-state index in [9.17, 15) is 27.6 Å². The van der Waals surface area contributed by atoms with Crippen molar-refractivity contribution in [2.24, 2.45) is 0 Å². The molecule has 3 rings (SSSR count). The van der Waals surface area contributed by atoms with Crippen molar-refractivity contribution in [2.75, 3.05) is 26.8 Å². The van der Waals surface area contributed by atoms with Gasteiger partial charge in [0, 0.05) is 18.7 Å². The van der Waals surface area contributed by atoms with Crippen LogP contribution in [0.1, 0.15) is 42.0 Å². The SMILES string of the molecule is CCOC(=O)c1nnn(Cc2ccc(OC)cc2)c1/C=C1\CN(OC(=O)C(F)(F)F)CCC1SC(C)=O. The number of rotatable bonds is 8. The molecule has 1 aliphatic heterocycles. The molecule has 1 aliphatic rings. The number of esters is 1. The quantitative estimate of drug-likeness (QED) is 0.461. The molecule has 0 amide bonds. The second kappa shape index (κ2) is 12.2. The first-order valence-corrected chi connectivity index (χ1v) is 12.0. The van der Waals surface area contributed by atoms with Gasteiger partial charge in [0.2, 0.25) is 0 Å². The molecule has 0 N–H and O–H groups in total. The Morgan fingerprint density at radius 2 is 1.92 bits per heavy atom. The van der Waals surface area contributed by atoms with E-state index in [1.807, 2.05) is 0 Å². The number of hydrogen-bond donors (Lipinski definition) is 0. The summed E-state index contributed by atoms with van der Waals surface area (Å²) in [6, 6.07) is 7.11. The number of hydroxylamine groups is 2. The van der Waals surface area contributed by atoms with Crippen molar-refractivity contribution in [1.82, 2.24) is 20.1 Å². The third-order valence-electron chi connectivity index (χ3n) is 5.22. The molecule has 1 fully saturated rings. The minimum Gasteiger partial charge on any atom is -0.497 e. The Labute approximate surface area is 214 Å². The fourth-order valence-corrected chi connectivity index (χ4v) is 4.47. The van der Waals surface area contributed by atoms with E-state index in [1.165, 1.54) is 24.8 Å². The molecule has 1 aromatic heterocycles. The third kappa shape index (κ3) is 7.55. The van der Waals surface area contributed by atoms with E-state index < -0.39 is 23.4 Å². The number of ether oxygens (including phenoxy) is 2. The Hall–Kier alpha value is -3.39. The molecular formula is C23H25F3N4O6S. The predicted octanol–water partition coefficient (Wildman–Crippen LogP) is 3.27. The third-order valence-corrected chi connectivity index (χ3v) is 6.38. The van der Waals surface area contributed by atoms with Crippen LogP contribution in [0.15, 0.2) is 29.8 Å². The van der Waals surface area contributed by atoms with Crippen LogP contribution >= 0.6 is 11.8 Å². The number of benzene rings is 1. The molecule has 0 aliphatic carbocycles. The van der Waals surface area contributed by atoms with Crippen molar-refractivity contribution >= 4 is 34.9 Å². The monoisotopic (exact) mass is 542 g/mol. The molecule has 0 bridgehead atoms. The number of aromatic nitrogens is 3. The Kier molecular flexibility index (Phi) is 9.32. The van der Waals surface area contributed by atoms with Crippen LogP contribution in [0.25, 0.3) is 6.08 Å². The van der Waals surface area contributed by atoms with E-state index in [2.05, 4.69) is 15.1 Å². The zero-order chi connectivity index (χ0) is 27.2. The van der Waals surface area contributed by atoms with Crippen molar-refractivity contribution < 1.29 is 41.9 Å². The number of carbonyl (C=O) groups is 3. The highest BCUT2D eigenvalue weighted by Gasteiger charge is 2.43. The van der Waals surface area contributed by atoms with Crippen LogP contribution in [0.5, 0.6) is 5.75 Å². The number of piperidine rings is 1. The molecule has 1 saturated heterocycles. The summed E-state index contributed by atoms with van der Waals surface area (Å²) in [6.07, 6.45) is -3.41. The number of thioether (sulfide) groups is 1. The van der Waals surface area contributed by atoms with Gasteiger partial charge >= 0.3 is 18.1 Å². The first kappa shape index (κ1) is 28.2. The highest BCUT2D eigenvalue weighted by molar-refractivity contribution is 8.14. The summed E-state index contributed by atoms with van der Waals surface area (Å²) < 4.78 is 49.9. The number of methoxy groups -OCH3 is 1. The highest BCUT2D eigenvalue weighted by atomic mass is 32.2. The normalized spacial score (nSPS) is 17.5. The summed E-state index contributed by atoms with van der Waals surface area (Å²) in [7, 11) is 1.54. The zero-order valence-electron chi connectivity index (χ0n) is 20.3. The van der Waals surface area contributed by atoms with Gasteiger partial charge in [-0.15, -0.1) is 10.2 Å². The molecule has 2 aromatic rings. The molecule has 1 unspecified atom stereocenters. The van der Waals surface area contributed by atoms with Gasteiger partial charge in [-0.25, -0.2) is 14.3 Å². The smallest absolute Gasteiger partial charge is 0.492 e. The lowest BCUT2D eigenvalue weighted by Gasteiger charge is -2.32. The maximum absolute atomic E-state index is 12.7. The second-order valence-corrected chi connectivity index (χ2v) is 9.28. The van der Waals surface area contributed by atoms with Gasteiger partial charge < -0.3 is 14.3 Å². The van der Waals surface area contributed by atoms with Gasteiger partial charge in [-0.3, -0.25) is 4.79 Å². The van der Waals surface area contributed by atoms with Gasteiger partial charge in [-0.05, 0) is 42.7 Å². The maximum atomic E-state index is 12.7. The van der Waals surface area contributed by atoms with Crippen molar-refractivity contribution in [1.29, 1.82) is 0 Å². The van der Waals surface area contributed by atoms with E-state index >= 15 is 0 Å². The first-order chi connectivity index (χ1) is 17.5. The topological polar surface area (TPSA) is 113 Å². The molecule has 2 heterocycles. The lowest BCUT2D eigenvalue weighted by molar-refractivity contribution is -0.238. The Bertz CT molecular complexity index is 1170. The van der Waals surface area contributed by atoms with Crippen molar-refractivity contribution in [3.05, 3.63) is 46.8 Å². The number of hydrogen-bond acceptors (Lipinski definition) is 10. The van der Waals surface area contributed by atoms with Crippen LogP contribution < -0.4 is 4.74 Å². The predicted molar refractivity (Wildman–Crippen MR) is 126 cm³/mol. The maximum Gasteiger partial charge on any atom is 0.492 e. The average Bonchev–Trinajstić information content (AvgIpc) is 3.22. The molecular weight excluding hydrogens is 517 g/mol. The number of carbonyl (C=O) groups excluding carboxylic acids is 3. The van der Waals surface area contributed by atoms with Crippen LogP contribution in [0.2, 0.25) is 0 Å². The van der Waals surface area contributed by atoms with Crippen molar-refractivity contribution in [3.63, 3.8) is 0 Å². The van der Waals surface area contributed by atoms with E-state index in [0.29, 0.717) is 11.3 Å². The zero-order valence-corrected chi connectivity index (χ0v) is 21.1. The molecule has 1 atom stereocenters. The van der Waals surface area contributed by atoms with E-state index in [4.69, 9.17) is 9.47 Å². The number of halogens is 3.